The number of rotatable bonds is 3. The summed E-state index contributed by atoms with van der Waals surface area (Å²) in [7, 11) is 0. The van der Waals surface area contributed by atoms with E-state index in [4.69, 9.17) is 0 Å². The fourth-order valence-corrected chi connectivity index (χ4v) is 2.13. The summed E-state index contributed by atoms with van der Waals surface area (Å²) in [4.78, 5) is 15.1. The summed E-state index contributed by atoms with van der Waals surface area (Å²) in [5.74, 6) is 0.908. The van der Waals surface area contributed by atoms with Crippen molar-refractivity contribution >= 4 is 0 Å². The average molecular weight is 238 g/mol. The van der Waals surface area contributed by atoms with E-state index >= 15 is 0 Å². The predicted molar refractivity (Wildman–Crippen MR) is 69.3 cm³/mol. The van der Waals surface area contributed by atoms with Crippen molar-refractivity contribution < 1.29 is 0 Å². The molecule has 0 amide bonds. The molecule has 4 nitrogen and oxygen atoms in total. The number of hydrogen-bond donors (Lipinski definition) is 2. The molecule has 0 aliphatic heterocycles. The molecule has 3 aromatic heterocycles. The van der Waals surface area contributed by atoms with Crippen LogP contribution in [0.1, 0.15) is 28.7 Å². The first kappa shape index (κ1) is 10.8. The Balaban J connectivity index is 2.08. The molecule has 0 aliphatic carbocycles. The van der Waals surface area contributed by atoms with Crippen molar-refractivity contribution in [2.24, 2.45) is 0 Å². The van der Waals surface area contributed by atoms with E-state index in [9.17, 15) is 0 Å². The normalized spacial score (nSPS) is 11.0. The number of aromatic nitrogens is 4. The zero-order valence-corrected chi connectivity index (χ0v) is 10.1. The lowest BCUT2D eigenvalue weighted by Gasteiger charge is -2.14. The summed E-state index contributed by atoms with van der Waals surface area (Å²) >= 11 is 0. The van der Waals surface area contributed by atoms with E-state index in [1.165, 1.54) is 0 Å². The third-order valence-electron chi connectivity index (χ3n) is 3.00. The summed E-state index contributed by atoms with van der Waals surface area (Å²) < 4.78 is 0. The van der Waals surface area contributed by atoms with Gasteiger partial charge in [0.15, 0.2) is 0 Å². The van der Waals surface area contributed by atoms with Crippen LogP contribution >= 0.6 is 0 Å². The Hall–Kier alpha value is -2.36. The molecule has 0 aromatic carbocycles. The topological polar surface area (TPSA) is 57.4 Å². The van der Waals surface area contributed by atoms with Crippen LogP contribution in [-0.4, -0.2) is 19.9 Å². The van der Waals surface area contributed by atoms with Gasteiger partial charge in [-0.15, -0.1) is 0 Å². The van der Waals surface area contributed by atoms with Gasteiger partial charge in [-0.05, 0) is 31.2 Å². The summed E-state index contributed by atoms with van der Waals surface area (Å²) in [6.07, 6.45) is 7.63. The number of hydrogen-bond acceptors (Lipinski definition) is 2. The molecule has 3 rings (SSSR count). The molecule has 3 heterocycles. The molecular formula is C14H14N4. The third kappa shape index (κ3) is 1.93. The molecule has 0 saturated carbocycles. The zero-order chi connectivity index (χ0) is 12.4. The maximum Gasteiger partial charge on any atom is 0.125 e. The van der Waals surface area contributed by atoms with E-state index in [0.717, 1.165) is 22.8 Å². The Morgan fingerprint density at radius 2 is 1.50 bits per heavy atom. The molecule has 0 saturated heterocycles. The SMILES string of the molecule is Cc1ncc(C(c2ccc[nH]2)c2ccc[nH]2)cn1. The molecule has 3 aromatic rings. The van der Waals surface area contributed by atoms with Crippen LogP contribution in [0.25, 0.3) is 0 Å². The number of H-pyrrole nitrogens is 2. The molecule has 4 heteroatoms. The van der Waals surface area contributed by atoms with E-state index in [1.54, 1.807) is 0 Å². The van der Waals surface area contributed by atoms with Crippen molar-refractivity contribution in [3.05, 3.63) is 71.8 Å². The van der Waals surface area contributed by atoms with E-state index in [0.29, 0.717) is 0 Å². The fraction of sp³-hybridized carbons (Fsp3) is 0.143. The van der Waals surface area contributed by atoms with Crippen molar-refractivity contribution in [1.82, 2.24) is 19.9 Å². The molecule has 0 radical (unpaired) electrons. The van der Waals surface area contributed by atoms with Crippen molar-refractivity contribution in [2.45, 2.75) is 12.8 Å². The second kappa shape index (κ2) is 4.49. The Morgan fingerprint density at radius 3 is 1.94 bits per heavy atom. The average Bonchev–Trinajstić information content (AvgIpc) is 3.06. The fourth-order valence-electron chi connectivity index (χ4n) is 2.13. The molecule has 2 N–H and O–H groups in total. The minimum Gasteiger partial charge on any atom is -0.364 e. The van der Waals surface area contributed by atoms with Gasteiger partial charge in [-0.3, -0.25) is 0 Å². The highest BCUT2D eigenvalue weighted by atomic mass is 14.9. The number of nitrogens with zero attached hydrogens (tertiary/aromatic N) is 2. The first-order valence-corrected chi connectivity index (χ1v) is 5.90. The molecule has 0 bridgehead atoms. The molecule has 0 unspecified atom stereocenters. The van der Waals surface area contributed by atoms with E-state index in [2.05, 4.69) is 32.1 Å². The van der Waals surface area contributed by atoms with Gasteiger partial charge in [0.25, 0.3) is 0 Å². The van der Waals surface area contributed by atoms with Crippen molar-refractivity contribution in [3.63, 3.8) is 0 Å². The second-order valence-electron chi connectivity index (χ2n) is 4.25. The second-order valence-corrected chi connectivity index (χ2v) is 4.25. The van der Waals surface area contributed by atoms with Gasteiger partial charge in [-0.1, -0.05) is 0 Å². The standard InChI is InChI=1S/C14H14N4/c1-10-17-8-11(9-18-10)14(12-4-2-6-15-12)13-5-3-7-16-13/h2-9,14-16H,1H3. The highest BCUT2D eigenvalue weighted by Gasteiger charge is 2.18. The van der Waals surface area contributed by atoms with Crippen molar-refractivity contribution in [2.75, 3.05) is 0 Å². The van der Waals surface area contributed by atoms with Gasteiger partial charge < -0.3 is 9.97 Å². The molecule has 0 aliphatic rings. The zero-order valence-electron chi connectivity index (χ0n) is 10.1. The van der Waals surface area contributed by atoms with Gasteiger partial charge in [0.05, 0.1) is 5.92 Å². The molecule has 0 spiro atoms. The Morgan fingerprint density at radius 1 is 0.944 bits per heavy atom. The van der Waals surface area contributed by atoms with Crippen LogP contribution in [0, 0.1) is 6.92 Å². The summed E-state index contributed by atoms with van der Waals surface area (Å²) in [5, 5.41) is 0. The van der Waals surface area contributed by atoms with Gasteiger partial charge in [0.2, 0.25) is 0 Å². The predicted octanol–water partition coefficient (Wildman–Crippen LogP) is 2.62. The van der Waals surface area contributed by atoms with Crippen LogP contribution in [0.5, 0.6) is 0 Å². The smallest absolute Gasteiger partial charge is 0.125 e. The van der Waals surface area contributed by atoms with Crippen LogP contribution < -0.4 is 0 Å². The molecule has 18 heavy (non-hydrogen) atoms. The number of nitrogens with one attached hydrogen (secondary N) is 2. The summed E-state index contributed by atoms with van der Waals surface area (Å²) in [6.45, 7) is 1.89. The van der Waals surface area contributed by atoms with Gasteiger partial charge >= 0.3 is 0 Å². The first-order valence-electron chi connectivity index (χ1n) is 5.90. The Kier molecular flexibility index (Phi) is 2.68. The quantitative estimate of drug-likeness (QED) is 0.737. The Labute approximate surface area is 105 Å². The van der Waals surface area contributed by atoms with Crippen LogP contribution in [-0.2, 0) is 0 Å². The summed E-state index contributed by atoms with van der Waals surface area (Å²) in [6, 6.07) is 8.15. The van der Waals surface area contributed by atoms with Crippen LogP contribution in [0.4, 0.5) is 0 Å². The Bertz CT molecular complexity index is 560. The lowest BCUT2D eigenvalue weighted by Crippen LogP contribution is -2.05. The highest BCUT2D eigenvalue weighted by molar-refractivity contribution is 5.35. The van der Waals surface area contributed by atoms with Gasteiger partial charge in [0.1, 0.15) is 5.82 Å². The molecular weight excluding hydrogens is 224 g/mol. The minimum atomic E-state index is 0.121. The van der Waals surface area contributed by atoms with Crippen LogP contribution in [0.15, 0.2) is 49.1 Å². The van der Waals surface area contributed by atoms with Gasteiger partial charge in [-0.2, -0.15) is 0 Å². The molecule has 0 atom stereocenters. The van der Waals surface area contributed by atoms with E-state index in [1.807, 2.05) is 43.8 Å². The van der Waals surface area contributed by atoms with Crippen molar-refractivity contribution in [1.29, 1.82) is 0 Å². The van der Waals surface area contributed by atoms with Gasteiger partial charge in [-0.25, -0.2) is 9.97 Å². The number of aromatic amines is 2. The van der Waals surface area contributed by atoms with E-state index < -0.39 is 0 Å². The maximum atomic E-state index is 4.28. The van der Waals surface area contributed by atoms with Crippen LogP contribution in [0.3, 0.4) is 0 Å². The minimum absolute atomic E-state index is 0.121. The summed E-state index contributed by atoms with van der Waals surface area (Å²) in [5.41, 5.74) is 3.33. The van der Waals surface area contributed by atoms with E-state index in [-0.39, 0.29) is 5.92 Å². The monoisotopic (exact) mass is 238 g/mol. The first-order chi connectivity index (χ1) is 8.84. The largest absolute Gasteiger partial charge is 0.364 e. The third-order valence-corrected chi connectivity index (χ3v) is 3.00. The lowest BCUT2D eigenvalue weighted by molar-refractivity contribution is 0.868. The maximum absolute atomic E-state index is 4.28. The van der Waals surface area contributed by atoms with Crippen molar-refractivity contribution in [3.8, 4) is 0 Å². The molecule has 90 valence electrons. The highest BCUT2D eigenvalue weighted by Crippen LogP contribution is 2.28. The number of aryl methyl sites for hydroxylation is 1. The molecule has 0 fully saturated rings. The lowest BCUT2D eigenvalue weighted by atomic mass is 9.95. The van der Waals surface area contributed by atoms with Crippen LogP contribution in [0.2, 0.25) is 0 Å². The van der Waals surface area contributed by atoms with Gasteiger partial charge in [0, 0.05) is 41.7 Å².